The standard InChI is InChI=1S/C21H16ClN5OS3/c22-14-4-1-5-15(10-14)26-13-23-24-21(26)31-12-20(28)27-17(19-7-3-9-30-19)11-16(25-27)18-6-2-8-29-18/h1-10,13,17H,11-12H2. The first kappa shape index (κ1) is 20.4. The maximum Gasteiger partial charge on any atom is 0.253 e. The SMILES string of the molecule is O=C(CSc1nncn1-c1cccc(Cl)c1)N1N=C(c2cccs2)CC1c1cccs1. The molecule has 156 valence electrons. The average molecular weight is 486 g/mol. The summed E-state index contributed by atoms with van der Waals surface area (Å²) in [6.07, 6.45) is 2.34. The maximum atomic E-state index is 13.2. The molecule has 0 saturated carbocycles. The number of hydrogen-bond donors (Lipinski definition) is 0. The van der Waals surface area contributed by atoms with Crippen LogP contribution in [0.1, 0.15) is 22.2 Å². The Labute approximate surface area is 196 Å². The third-order valence-corrected chi connectivity index (χ3v) is 7.83. The minimum Gasteiger partial charge on any atom is -0.277 e. The largest absolute Gasteiger partial charge is 0.277 e. The molecule has 1 aliphatic rings. The highest BCUT2D eigenvalue weighted by Crippen LogP contribution is 2.36. The fraction of sp³-hybridized carbons (Fsp3) is 0.143. The lowest BCUT2D eigenvalue weighted by Gasteiger charge is -2.20. The predicted octanol–water partition coefficient (Wildman–Crippen LogP) is 5.51. The summed E-state index contributed by atoms with van der Waals surface area (Å²) in [6, 6.07) is 15.5. The van der Waals surface area contributed by atoms with Crippen LogP contribution in [0.2, 0.25) is 5.02 Å². The van der Waals surface area contributed by atoms with Crippen LogP contribution in [-0.4, -0.2) is 37.1 Å². The average Bonchev–Trinajstić information content (AvgIpc) is 3.56. The number of amides is 1. The van der Waals surface area contributed by atoms with E-state index >= 15 is 0 Å². The summed E-state index contributed by atoms with van der Waals surface area (Å²) < 4.78 is 1.82. The van der Waals surface area contributed by atoms with Crippen LogP contribution in [-0.2, 0) is 4.79 Å². The monoisotopic (exact) mass is 485 g/mol. The van der Waals surface area contributed by atoms with E-state index in [0.717, 1.165) is 27.6 Å². The van der Waals surface area contributed by atoms with E-state index < -0.39 is 0 Å². The number of carbonyl (C=O) groups excluding carboxylic acids is 1. The number of thioether (sulfide) groups is 1. The van der Waals surface area contributed by atoms with Crippen molar-refractivity contribution >= 4 is 57.7 Å². The quantitative estimate of drug-likeness (QED) is 0.337. The van der Waals surface area contributed by atoms with Gasteiger partial charge >= 0.3 is 0 Å². The smallest absolute Gasteiger partial charge is 0.253 e. The summed E-state index contributed by atoms with van der Waals surface area (Å²) >= 11 is 10.7. The van der Waals surface area contributed by atoms with Crippen LogP contribution in [0, 0.1) is 0 Å². The van der Waals surface area contributed by atoms with Crippen LogP contribution in [0.5, 0.6) is 0 Å². The highest BCUT2D eigenvalue weighted by Gasteiger charge is 2.34. The van der Waals surface area contributed by atoms with E-state index in [1.165, 1.54) is 11.8 Å². The first-order valence-electron chi connectivity index (χ1n) is 9.44. The summed E-state index contributed by atoms with van der Waals surface area (Å²) in [5, 5.41) is 19.8. The molecule has 3 aromatic heterocycles. The van der Waals surface area contributed by atoms with Gasteiger partial charge in [0, 0.05) is 16.3 Å². The molecule has 1 aromatic carbocycles. The summed E-state index contributed by atoms with van der Waals surface area (Å²) in [7, 11) is 0. The van der Waals surface area contributed by atoms with Gasteiger partial charge in [-0.1, -0.05) is 41.6 Å². The summed E-state index contributed by atoms with van der Waals surface area (Å²) in [6.45, 7) is 0. The molecule has 0 bridgehead atoms. The van der Waals surface area contributed by atoms with E-state index in [1.807, 2.05) is 57.8 Å². The molecule has 1 unspecified atom stereocenters. The second kappa shape index (κ2) is 8.96. The Kier molecular flexibility index (Phi) is 5.91. The Bertz CT molecular complexity index is 1220. The van der Waals surface area contributed by atoms with E-state index in [0.29, 0.717) is 10.2 Å². The van der Waals surface area contributed by atoms with Crippen molar-refractivity contribution in [2.75, 3.05) is 5.75 Å². The number of benzene rings is 1. The predicted molar refractivity (Wildman–Crippen MR) is 126 cm³/mol. The Hall–Kier alpha value is -2.46. The van der Waals surface area contributed by atoms with E-state index in [1.54, 1.807) is 34.0 Å². The van der Waals surface area contributed by atoms with Crippen LogP contribution in [0.15, 0.2) is 75.9 Å². The van der Waals surface area contributed by atoms with Gasteiger partial charge in [0.2, 0.25) is 0 Å². The number of halogens is 1. The molecular formula is C21H16ClN5OS3. The third kappa shape index (κ3) is 4.31. The Morgan fingerprint density at radius 1 is 1.16 bits per heavy atom. The molecule has 0 saturated heterocycles. The second-order valence-corrected chi connectivity index (χ2v) is 10.1. The highest BCUT2D eigenvalue weighted by atomic mass is 35.5. The minimum absolute atomic E-state index is 0.0596. The van der Waals surface area contributed by atoms with E-state index in [-0.39, 0.29) is 17.7 Å². The van der Waals surface area contributed by atoms with Gasteiger partial charge in [0.25, 0.3) is 5.91 Å². The molecule has 1 aliphatic heterocycles. The lowest BCUT2D eigenvalue weighted by atomic mass is 10.1. The van der Waals surface area contributed by atoms with Gasteiger partial charge < -0.3 is 0 Å². The molecule has 0 fully saturated rings. The first-order valence-corrected chi connectivity index (χ1v) is 12.6. The van der Waals surface area contributed by atoms with Crippen LogP contribution >= 0.6 is 46.0 Å². The van der Waals surface area contributed by atoms with Crippen molar-refractivity contribution in [2.24, 2.45) is 5.10 Å². The van der Waals surface area contributed by atoms with Crippen molar-refractivity contribution in [1.29, 1.82) is 0 Å². The molecule has 1 amide bonds. The van der Waals surface area contributed by atoms with Crippen molar-refractivity contribution in [2.45, 2.75) is 17.6 Å². The van der Waals surface area contributed by atoms with Crippen LogP contribution in [0.25, 0.3) is 5.69 Å². The van der Waals surface area contributed by atoms with Crippen molar-refractivity contribution in [1.82, 2.24) is 19.8 Å². The van der Waals surface area contributed by atoms with Gasteiger partial charge in [0.1, 0.15) is 6.33 Å². The van der Waals surface area contributed by atoms with Gasteiger partial charge in [-0.2, -0.15) is 5.10 Å². The van der Waals surface area contributed by atoms with Crippen molar-refractivity contribution in [3.63, 3.8) is 0 Å². The van der Waals surface area contributed by atoms with Gasteiger partial charge in [0.05, 0.1) is 28.1 Å². The van der Waals surface area contributed by atoms with Gasteiger partial charge in [-0.3, -0.25) is 9.36 Å². The van der Waals surface area contributed by atoms with Crippen molar-refractivity contribution in [3.8, 4) is 5.69 Å². The Balaban J connectivity index is 1.35. The van der Waals surface area contributed by atoms with Gasteiger partial charge in [-0.05, 0) is 41.1 Å². The summed E-state index contributed by atoms with van der Waals surface area (Å²) in [4.78, 5) is 15.4. The van der Waals surface area contributed by atoms with Gasteiger partial charge in [0.15, 0.2) is 5.16 Å². The van der Waals surface area contributed by atoms with Gasteiger partial charge in [-0.25, -0.2) is 5.01 Å². The van der Waals surface area contributed by atoms with Gasteiger partial charge in [-0.15, -0.1) is 32.9 Å². The molecule has 1 atom stereocenters. The summed E-state index contributed by atoms with van der Waals surface area (Å²) in [5.74, 6) is 0.151. The zero-order chi connectivity index (χ0) is 21.2. The van der Waals surface area contributed by atoms with Crippen LogP contribution in [0.3, 0.4) is 0 Å². The van der Waals surface area contributed by atoms with E-state index in [2.05, 4.69) is 16.3 Å². The first-order chi connectivity index (χ1) is 15.2. The molecule has 0 spiro atoms. The zero-order valence-corrected chi connectivity index (χ0v) is 19.3. The zero-order valence-electron chi connectivity index (χ0n) is 16.1. The number of rotatable bonds is 6. The normalized spacial score (nSPS) is 16.0. The van der Waals surface area contributed by atoms with E-state index in [4.69, 9.17) is 16.7 Å². The second-order valence-electron chi connectivity index (χ2n) is 6.75. The minimum atomic E-state index is -0.0731. The molecule has 6 nitrogen and oxygen atoms in total. The van der Waals surface area contributed by atoms with Crippen LogP contribution < -0.4 is 0 Å². The molecule has 0 radical (unpaired) electrons. The molecule has 0 aliphatic carbocycles. The number of hydrazone groups is 1. The van der Waals surface area contributed by atoms with Crippen molar-refractivity contribution < 1.29 is 4.79 Å². The number of hydrogen-bond acceptors (Lipinski definition) is 7. The Morgan fingerprint density at radius 3 is 2.81 bits per heavy atom. The number of thiophene rings is 2. The van der Waals surface area contributed by atoms with Crippen LogP contribution in [0.4, 0.5) is 0 Å². The molecule has 4 heterocycles. The molecule has 31 heavy (non-hydrogen) atoms. The van der Waals surface area contributed by atoms with Crippen molar-refractivity contribution in [3.05, 3.63) is 80.4 Å². The Morgan fingerprint density at radius 2 is 2.03 bits per heavy atom. The topological polar surface area (TPSA) is 63.4 Å². The number of nitrogens with zero attached hydrogens (tertiary/aromatic N) is 5. The molecule has 0 N–H and O–H groups in total. The lowest BCUT2D eigenvalue weighted by Crippen LogP contribution is -2.28. The number of aromatic nitrogens is 3. The maximum absolute atomic E-state index is 13.2. The molecule has 4 aromatic rings. The fourth-order valence-corrected chi connectivity index (χ4v) is 5.85. The molecule has 5 rings (SSSR count). The number of carbonyl (C=O) groups is 1. The lowest BCUT2D eigenvalue weighted by molar-refractivity contribution is -0.130. The summed E-state index contributed by atoms with van der Waals surface area (Å²) in [5.41, 5.74) is 1.80. The van der Waals surface area contributed by atoms with E-state index in [9.17, 15) is 4.79 Å². The fourth-order valence-electron chi connectivity index (χ4n) is 3.35. The third-order valence-electron chi connectivity index (χ3n) is 4.77. The molecule has 10 heteroatoms. The molecular weight excluding hydrogens is 470 g/mol. The highest BCUT2D eigenvalue weighted by molar-refractivity contribution is 7.99.